The van der Waals surface area contributed by atoms with Crippen LogP contribution in [0.4, 0.5) is 0 Å². The van der Waals surface area contributed by atoms with Crippen molar-refractivity contribution in [2.75, 3.05) is 14.2 Å². The highest BCUT2D eigenvalue weighted by atomic mass is 79.9. The van der Waals surface area contributed by atoms with Gasteiger partial charge in [0.2, 0.25) is 0 Å². The summed E-state index contributed by atoms with van der Waals surface area (Å²) >= 11 is 6.98. The van der Waals surface area contributed by atoms with Crippen LogP contribution in [0.5, 0.6) is 11.5 Å². The second kappa shape index (κ2) is 6.84. The van der Waals surface area contributed by atoms with Gasteiger partial charge in [-0.3, -0.25) is 0 Å². The molecule has 1 aromatic carbocycles. The van der Waals surface area contributed by atoms with Crippen LogP contribution in [0.25, 0.3) is 16.3 Å². The van der Waals surface area contributed by atoms with Gasteiger partial charge in [-0.25, -0.2) is 9.31 Å². The van der Waals surface area contributed by atoms with Gasteiger partial charge < -0.3 is 14.2 Å². The van der Waals surface area contributed by atoms with E-state index in [0.717, 1.165) is 16.3 Å². The number of aromatic nitrogens is 2. The summed E-state index contributed by atoms with van der Waals surface area (Å²) in [5, 5.41) is 6.13. The van der Waals surface area contributed by atoms with E-state index in [4.69, 9.17) is 14.2 Å². The minimum atomic E-state index is -0.480. The predicted molar refractivity (Wildman–Crippen MR) is 102 cm³/mol. The van der Waals surface area contributed by atoms with Crippen LogP contribution in [0.1, 0.15) is 24.3 Å². The summed E-state index contributed by atoms with van der Waals surface area (Å²) in [5.41, 5.74) is 1.05. The minimum absolute atomic E-state index is 0.0168. The lowest BCUT2D eigenvalue weighted by Gasteiger charge is -2.15. The van der Waals surface area contributed by atoms with Crippen LogP contribution in [0, 0.1) is 0 Å². The Morgan fingerprint density at radius 1 is 1.16 bits per heavy atom. The molecule has 0 radical (unpaired) electrons. The Bertz CT molecular complexity index is 982. The third-order valence-corrected chi connectivity index (χ3v) is 5.75. The molecule has 0 spiro atoms. The zero-order valence-electron chi connectivity index (χ0n) is 14.1. The monoisotopic (exact) mass is 470 g/mol. The number of ether oxygens (including phenoxy) is 3. The highest BCUT2D eigenvalue weighted by molar-refractivity contribution is 9.13. The third-order valence-electron chi connectivity index (χ3n) is 3.68. The number of hydrogen-bond donors (Lipinski definition) is 0. The molecule has 132 valence electrons. The zero-order valence-corrected chi connectivity index (χ0v) is 17.3. The topological polar surface area (TPSA) is 62.1 Å². The lowest BCUT2D eigenvalue weighted by atomic mass is 10.1. The van der Waals surface area contributed by atoms with E-state index in [1.807, 2.05) is 26.0 Å². The maximum absolute atomic E-state index is 12.1. The third kappa shape index (κ3) is 2.97. The average Bonchev–Trinajstić information content (AvgIpc) is 2.84. The molecule has 3 rings (SSSR count). The summed E-state index contributed by atoms with van der Waals surface area (Å²) in [6.45, 7) is 3.91. The van der Waals surface area contributed by atoms with Gasteiger partial charge in [0.05, 0.1) is 41.0 Å². The van der Waals surface area contributed by atoms with E-state index in [9.17, 15) is 4.79 Å². The largest absolute Gasteiger partial charge is 0.493 e. The van der Waals surface area contributed by atoms with E-state index in [-0.39, 0.29) is 6.10 Å². The first kappa shape index (κ1) is 18.0. The van der Waals surface area contributed by atoms with E-state index in [0.29, 0.717) is 26.1 Å². The van der Waals surface area contributed by atoms with Gasteiger partial charge in [0, 0.05) is 10.8 Å². The molecule has 0 fully saturated rings. The number of esters is 1. The smallest absolute Gasteiger partial charge is 0.357 e. The highest BCUT2D eigenvalue weighted by Gasteiger charge is 2.24. The molecule has 0 saturated carbocycles. The van der Waals surface area contributed by atoms with Crippen molar-refractivity contribution in [1.82, 2.24) is 9.61 Å². The van der Waals surface area contributed by atoms with E-state index in [1.54, 1.807) is 17.8 Å². The Hall–Kier alpha value is -1.80. The maximum Gasteiger partial charge on any atom is 0.357 e. The first-order valence-electron chi connectivity index (χ1n) is 7.50. The van der Waals surface area contributed by atoms with Crippen LogP contribution in [0.2, 0.25) is 0 Å². The Balaban J connectivity index is 2.37. The van der Waals surface area contributed by atoms with Crippen molar-refractivity contribution in [3.63, 3.8) is 0 Å². The Kier molecular flexibility index (Phi) is 4.92. The van der Waals surface area contributed by atoms with Gasteiger partial charge in [-0.15, -0.1) is 0 Å². The molecule has 0 aliphatic carbocycles. The summed E-state index contributed by atoms with van der Waals surface area (Å²) in [5.74, 6) is 0.773. The van der Waals surface area contributed by atoms with E-state index in [2.05, 4.69) is 37.0 Å². The Morgan fingerprint density at radius 2 is 1.88 bits per heavy atom. The number of halogens is 2. The van der Waals surface area contributed by atoms with E-state index in [1.165, 1.54) is 7.11 Å². The minimum Gasteiger partial charge on any atom is -0.493 e. The molecule has 0 bridgehead atoms. The number of fused-ring (bicyclic) bond motifs is 3. The van der Waals surface area contributed by atoms with Crippen LogP contribution < -0.4 is 9.47 Å². The van der Waals surface area contributed by atoms with Crippen molar-refractivity contribution < 1.29 is 19.0 Å². The van der Waals surface area contributed by atoms with Gasteiger partial charge in [0.15, 0.2) is 17.2 Å². The quantitative estimate of drug-likeness (QED) is 0.520. The van der Waals surface area contributed by atoms with Crippen LogP contribution in [0.3, 0.4) is 0 Å². The highest BCUT2D eigenvalue weighted by Crippen LogP contribution is 2.40. The predicted octanol–water partition coefficient (Wildman–Crippen LogP) is 4.59. The average molecular weight is 472 g/mol. The van der Waals surface area contributed by atoms with Gasteiger partial charge in [-0.1, -0.05) is 0 Å². The SMILES string of the molecule is COC(=O)c1c(Br)c(Br)c2c3cc(OC)c(OC(C)C)cc3cnn12. The molecule has 0 aliphatic heterocycles. The fraction of sp³-hybridized carbons (Fsp3) is 0.294. The number of carbonyl (C=O) groups excluding carboxylic acids is 1. The zero-order chi connectivity index (χ0) is 18.3. The van der Waals surface area contributed by atoms with Crippen molar-refractivity contribution in [2.24, 2.45) is 0 Å². The molecular formula is C17H16Br2N2O4. The van der Waals surface area contributed by atoms with E-state index < -0.39 is 5.97 Å². The van der Waals surface area contributed by atoms with Crippen LogP contribution in [-0.4, -0.2) is 35.9 Å². The number of rotatable bonds is 4. The van der Waals surface area contributed by atoms with Crippen LogP contribution in [-0.2, 0) is 4.74 Å². The lowest BCUT2D eigenvalue weighted by molar-refractivity contribution is 0.0590. The van der Waals surface area contributed by atoms with Gasteiger partial charge in [-0.05, 0) is 57.8 Å². The molecule has 3 aromatic rings. The maximum atomic E-state index is 12.1. The summed E-state index contributed by atoms with van der Waals surface area (Å²) in [7, 11) is 2.93. The van der Waals surface area contributed by atoms with Gasteiger partial charge in [0.25, 0.3) is 0 Å². The summed E-state index contributed by atoms with van der Waals surface area (Å²) in [6, 6.07) is 3.76. The number of hydrogen-bond acceptors (Lipinski definition) is 5. The Morgan fingerprint density at radius 3 is 2.48 bits per heavy atom. The molecule has 8 heteroatoms. The summed E-state index contributed by atoms with van der Waals surface area (Å²) in [6.07, 6.45) is 1.70. The molecule has 0 atom stereocenters. The standard InChI is InChI=1S/C17H16Br2N2O4/c1-8(2)25-12-5-9-7-20-21-15(10(9)6-11(12)23-3)13(18)14(19)16(21)17(22)24-4/h5-8H,1-4H3. The second-order valence-electron chi connectivity index (χ2n) is 5.63. The number of nitrogens with zero attached hydrogens (tertiary/aromatic N) is 2. The number of carbonyl (C=O) groups is 1. The van der Waals surface area contributed by atoms with Crippen molar-refractivity contribution in [2.45, 2.75) is 20.0 Å². The van der Waals surface area contributed by atoms with Crippen molar-refractivity contribution >= 4 is 54.1 Å². The molecule has 6 nitrogen and oxygen atoms in total. The number of benzene rings is 1. The fourth-order valence-electron chi connectivity index (χ4n) is 2.64. The molecular weight excluding hydrogens is 456 g/mol. The summed E-state index contributed by atoms with van der Waals surface area (Å²) in [4.78, 5) is 12.1. The Labute approximate surface area is 161 Å². The van der Waals surface area contributed by atoms with Crippen molar-refractivity contribution in [3.8, 4) is 11.5 Å². The first-order valence-corrected chi connectivity index (χ1v) is 9.09. The lowest BCUT2D eigenvalue weighted by Crippen LogP contribution is -2.08. The van der Waals surface area contributed by atoms with Crippen molar-refractivity contribution in [3.05, 3.63) is 33.0 Å². The van der Waals surface area contributed by atoms with Crippen molar-refractivity contribution in [1.29, 1.82) is 0 Å². The number of methoxy groups -OCH3 is 2. The normalized spacial score (nSPS) is 11.3. The van der Waals surface area contributed by atoms with Gasteiger partial charge in [-0.2, -0.15) is 5.10 Å². The van der Waals surface area contributed by atoms with Gasteiger partial charge in [0.1, 0.15) is 0 Å². The first-order chi connectivity index (χ1) is 11.9. The molecule has 0 unspecified atom stereocenters. The summed E-state index contributed by atoms with van der Waals surface area (Å²) < 4.78 is 19.0. The molecule has 0 saturated heterocycles. The molecule has 0 amide bonds. The van der Waals surface area contributed by atoms with Crippen LogP contribution in [0.15, 0.2) is 27.3 Å². The molecule has 2 heterocycles. The fourth-order valence-corrected chi connectivity index (χ4v) is 3.73. The van der Waals surface area contributed by atoms with Crippen LogP contribution >= 0.6 is 31.9 Å². The van der Waals surface area contributed by atoms with E-state index >= 15 is 0 Å². The van der Waals surface area contributed by atoms with Gasteiger partial charge >= 0.3 is 5.97 Å². The molecule has 25 heavy (non-hydrogen) atoms. The molecule has 0 aliphatic rings. The second-order valence-corrected chi connectivity index (χ2v) is 7.22. The molecule has 2 aromatic heterocycles. The molecule has 0 N–H and O–H groups in total.